The van der Waals surface area contributed by atoms with Gasteiger partial charge in [-0.2, -0.15) is 10.2 Å². The summed E-state index contributed by atoms with van der Waals surface area (Å²) in [6.07, 6.45) is 5.00. The fourth-order valence-electron chi connectivity index (χ4n) is 2.63. The normalized spacial score (nSPS) is 10.6. The van der Waals surface area contributed by atoms with Crippen LogP contribution in [0.1, 0.15) is 11.3 Å². The van der Waals surface area contributed by atoms with Gasteiger partial charge in [-0.25, -0.2) is 15.0 Å². The van der Waals surface area contributed by atoms with Crippen molar-refractivity contribution in [3.8, 4) is 17.7 Å². The standard InChI is InChI=1S/C19H14IN7O/c1-11-5-13(7-21)22-9-15(11)28-17-6-14(18-19(26-17)27(2)10-24-18)25-16-4-3-12(20)8-23-16/h3-6,8-10H,1-2H3,(H,23,25,26). The molecule has 0 aromatic carbocycles. The molecule has 0 saturated carbocycles. The molecule has 4 aromatic rings. The van der Waals surface area contributed by atoms with Crippen molar-refractivity contribution >= 4 is 45.3 Å². The summed E-state index contributed by atoms with van der Waals surface area (Å²) in [5.41, 5.74) is 3.25. The summed E-state index contributed by atoms with van der Waals surface area (Å²) in [5.74, 6) is 1.62. The molecule has 0 bridgehead atoms. The lowest BCUT2D eigenvalue weighted by Gasteiger charge is -2.11. The van der Waals surface area contributed by atoms with Crippen molar-refractivity contribution in [2.24, 2.45) is 7.05 Å². The fraction of sp³-hybridized carbons (Fsp3) is 0.105. The van der Waals surface area contributed by atoms with E-state index < -0.39 is 0 Å². The molecule has 0 unspecified atom stereocenters. The number of halogens is 1. The van der Waals surface area contributed by atoms with Crippen LogP contribution in [0.25, 0.3) is 11.2 Å². The van der Waals surface area contributed by atoms with Gasteiger partial charge in [0.15, 0.2) is 11.4 Å². The van der Waals surface area contributed by atoms with Crippen molar-refractivity contribution in [2.75, 3.05) is 5.32 Å². The van der Waals surface area contributed by atoms with Crippen LogP contribution in [0, 0.1) is 21.8 Å². The zero-order valence-electron chi connectivity index (χ0n) is 15.0. The predicted molar refractivity (Wildman–Crippen MR) is 113 cm³/mol. The van der Waals surface area contributed by atoms with Gasteiger partial charge in [0.1, 0.15) is 23.1 Å². The van der Waals surface area contributed by atoms with Crippen LogP contribution in [-0.4, -0.2) is 24.5 Å². The summed E-state index contributed by atoms with van der Waals surface area (Å²) < 4.78 is 8.82. The van der Waals surface area contributed by atoms with E-state index in [0.717, 1.165) is 14.8 Å². The quantitative estimate of drug-likeness (QED) is 0.437. The van der Waals surface area contributed by atoms with E-state index in [-0.39, 0.29) is 0 Å². The molecule has 0 radical (unpaired) electrons. The van der Waals surface area contributed by atoms with Gasteiger partial charge in [-0.3, -0.25) is 0 Å². The zero-order chi connectivity index (χ0) is 19.7. The zero-order valence-corrected chi connectivity index (χ0v) is 17.2. The highest BCUT2D eigenvalue weighted by Crippen LogP contribution is 2.31. The lowest BCUT2D eigenvalue weighted by Crippen LogP contribution is -1.99. The molecule has 0 aliphatic rings. The number of nitrogens with one attached hydrogen (secondary N) is 1. The van der Waals surface area contributed by atoms with Crippen LogP contribution in [0.3, 0.4) is 0 Å². The minimum atomic E-state index is 0.340. The highest BCUT2D eigenvalue weighted by Gasteiger charge is 2.13. The Morgan fingerprint density at radius 3 is 2.75 bits per heavy atom. The Bertz CT molecular complexity index is 1210. The first kappa shape index (κ1) is 18.1. The molecule has 0 amide bonds. The first-order chi connectivity index (χ1) is 13.5. The maximum atomic E-state index is 8.97. The summed E-state index contributed by atoms with van der Waals surface area (Å²) in [5, 5.41) is 12.2. The number of aromatic nitrogens is 5. The second-order valence-electron chi connectivity index (χ2n) is 6.07. The number of aryl methyl sites for hydroxylation is 2. The number of hydrogen-bond acceptors (Lipinski definition) is 7. The molecule has 28 heavy (non-hydrogen) atoms. The first-order valence-electron chi connectivity index (χ1n) is 8.29. The van der Waals surface area contributed by atoms with E-state index in [9.17, 15) is 0 Å². The molecule has 138 valence electrons. The van der Waals surface area contributed by atoms with E-state index >= 15 is 0 Å². The summed E-state index contributed by atoms with van der Waals surface area (Å²) in [6.45, 7) is 1.86. The Balaban J connectivity index is 1.74. The summed E-state index contributed by atoms with van der Waals surface area (Å²) in [7, 11) is 1.87. The van der Waals surface area contributed by atoms with E-state index in [2.05, 4.69) is 47.8 Å². The average molecular weight is 483 g/mol. The molecule has 0 spiro atoms. The van der Waals surface area contributed by atoms with Crippen LogP contribution in [-0.2, 0) is 7.05 Å². The van der Waals surface area contributed by atoms with Gasteiger partial charge in [0, 0.05) is 22.9 Å². The molecule has 0 fully saturated rings. The SMILES string of the molecule is Cc1cc(C#N)ncc1Oc1cc(Nc2ccc(I)cn2)c2ncn(C)c2n1. The van der Waals surface area contributed by atoms with E-state index in [4.69, 9.17) is 10.00 Å². The molecule has 8 nitrogen and oxygen atoms in total. The monoisotopic (exact) mass is 483 g/mol. The highest BCUT2D eigenvalue weighted by molar-refractivity contribution is 14.1. The van der Waals surface area contributed by atoms with Crippen LogP contribution in [0.2, 0.25) is 0 Å². The largest absolute Gasteiger partial charge is 0.437 e. The van der Waals surface area contributed by atoms with Crippen LogP contribution < -0.4 is 10.1 Å². The summed E-state index contributed by atoms with van der Waals surface area (Å²) >= 11 is 2.21. The van der Waals surface area contributed by atoms with E-state index in [1.165, 1.54) is 6.20 Å². The molecule has 4 rings (SSSR count). The molecule has 1 N–H and O–H groups in total. The van der Waals surface area contributed by atoms with Crippen LogP contribution >= 0.6 is 22.6 Å². The van der Waals surface area contributed by atoms with E-state index in [0.29, 0.717) is 34.3 Å². The van der Waals surface area contributed by atoms with Gasteiger partial charge < -0.3 is 14.6 Å². The number of pyridine rings is 3. The highest BCUT2D eigenvalue weighted by atomic mass is 127. The Kier molecular flexibility index (Phi) is 4.79. The third kappa shape index (κ3) is 3.59. The van der Waals surface area contributed by atoms with Gasteiger partial charge >= 0.3 is 0 Å². The van der Waals surface area contributed by atoms with Crippen molar-refractivity contribution in [2.45, 2.75) is 6.92 Å². The third-order valence-electron chi connectivity index (χ3n) is 4.03. The van der Waals surface area contributed by atoms with Crippen molar-refractivity contribution in [1.29, 1.82) is 5.26 Å². The number of ether oxygens (including phenoxy) is 1. The number of imidazole rings is 1. The minimum absolute atomic E-state index is 0.340. The average Bonchev–Trinajstić information content (AvgIpc) is 3.06. The lowest BCUT2D eigenvalue weighted by molar-refractivity contribution is 0.459. The van der Waals surface area contributed by atoms with Gasteiger partial charge in [-0.1, -0.05) is 0 Å². The number of anilines is 2. The minimum Gasteiger partial charge on any atom is -0.437 e. The van der Waals surface area contributed by atoms with Gasteiger partial charge in [-0.15, -0.1) is 0 Å². The summed E-state index contributed by atoms with van der Waals surface area (Å²) in [6, 6.07) is 9.32. The maximum Gasteiger partial charge on any atom is 0.223 e. The molecule has 0 aliphatic carbocycles. The third-order valence-corrected chi connectivity index (χ3v) is 4.67. The fourth-order valence-corrected chi connectivity index (χ4v) is 2.95. The molecule has 0 saturated heterocycles. The molecule has 0 atom stereocenters. The Morgan fingerprint density at radius 2 is 2.04 bits per heavy atom. The van der Waals surface area contributed by atoms with Crippen molar-refractivity contribution < 1.29 is 4.74 Å². The number of fused-ring (bicyclic) bond motifs is 1. The van der Waals surface area contributed by atoms with Gasteiger partial charge in [0.25, 0.3) is 0 Å². The second-order valence-corrected chi connectivity index (χ2v) is 7.32. The molecule has 0 aliphatic heterocycles. The molecule has 9 heteroatoms. The topological polar surface area (TPSA) is 102 Å². The first-order valence-corrected chi connectivity index (χ1v) is 9.36. The number of rotatable bonds is 4. The van der Waals surface area contributed by atoms with Crippen LogP contribution in [0.15, 0.2) is 43.0 Å². The molecular formula is C19H14IN7O. The Morgan fingerprint density at radius 1 is 1.18 bits per heavy atom. The van der Waals surface area contributed by atoms with Gasteiger partial charge in [0.2, 0.25) is 5.88 Å². The molecule has 4 heterocycles. The van der Waals surface area contributed by atoms with E-state index in [1.54, 1.807) is 24.7 Å². The summed E-state index contributed by atoms with van der Waals surface area (Å²) in [4.78, 5) is 17.4. The predicted octanol–water partition coefficient (Wildman–Crippen LogP) is 4.08. The second kappa shape index (κ2) is 7.40. The Hall–Kier alpha value is -3.26. The number of hydrogen-bond donors (Lipinski definition) is 1. The molecule has 4 aromatic heterocycles. The van der Waals surface area contributed by atoms with Gasteiger partial charge in [-0.05, 0) is 53.3 Å². The number of nitriles is 1. The lowest BCUT2D eigenvalue weighted by atomic mass is 10.2. The molecular weight excluding hydrogens is 469 g/mol. The maximum absolute atomic E-state index is 8.97. The van der Waals surface area contributed by atoms with Crippen LogP contribution in [0.4, 0.5) is 11.5 Å². The smallest absolute Gasteiger partial charge is 0.223 e. The Labute approximate surface area is 174 Å². The van der Waals surface area contributed by atoms with Crippen LogP contribution in [0.5, 0.6) is 11.6 Å². The van der Waals surface area contributed by atoms with Crippen molar-refractivity contribution in [1.82, 2.24) is 24.5 Å². The van der Waals surface area contributed by atoms with Crippen molar-refractivity contribution in [3.05, 3.63) is 57.8 Å². The van der Waals surface area contributed by atoms with Crippen molar-refractivity contribution in [3.63, 3.8) is 0 Å². The number of nitrogens with zero attached hydrogens (tertiary/aromatic N) is 6. The van der Waals surface area contributed by atoms with E-state index in [1.807, 2.05) is 36.7 Å². The van der Waals surface area contributed by atoms with Gasteiger partial charge in [0.05, 0.1) is 18.2 Å².